The van der Waals surface area contributed by atoms with Crippen molar-refractivity contribution in [1.29, 1.82) is 0 Å². The lowest BCUT2D eigenvalue weighted by Crippen LogP contribution is -2.35. The van der Waals surface area contributed by atoms with E-state index < -0.39 is 0 Å². The van der Waals surface area contributed by atoms with Crippen LogP contribution in [0.2, 0.25) is 0 Å². The van der Waals surface area contributed by atoms with Gasteiger partial charge >= 0.3 is 0 Å². The molecular formula is C20H20N2O2S. The molecule has 128 valence electrons. The number of amides is 2. The van der Waals surface area contributed by atoms with Crippen LogP contribution in [0.3, 0.4) is 0 Å². The van der Waals surface area contributed by atoms with E-state index in [9.17, 15) is 9.59 Å². The minimum absolute atomic E-state index is 0.0580. The molecule has 5 heteroatoms. The molecule has 3 rings (SSSR count). The van der Waals surface area contributed by atoms with E-state index in [1.54, 1.807) is 23.1 Å². The number of aryl methyl sites for hydroxylation is 1. The molecule has 0 spiro atoms. The van der Waals surface area contributed by atoms with Crippen LogP contribution in [0.1, 0.15) is 21.5 Å². The molecule has 1 N–H and O–H groups in total. The van der Waals surface area contributed by atoms with Crippen molar-refractivity contribution < 1.29 is 9.59 Å². The van der Waals surface area contributed by atoms with E-state index in [2.05, 4.69) is 18.0 Å². The van der Waals surface area contributed by atoms with Crippen molar-refractivity contribution in [2.24, 2.45) is 0 Å². The van der Waals surface area contributed by atoms with Gasteiger partial charge < -0.3 is 10.2 Å². The van der Waals surface area contributed by atoms with Gasteiger partial charge in [-0.3, -0.25) is 9.59 Å². The van der Waals surface area contributed by atoms with Crippen LogP contribution in [0.15, 0.2) is 60.0 Å². The molecule has 2 amide bonds. The monoisotopic (exact) mass is 352 g/mol. The van der Waals surface area contributed by atoms with E-state index in [1.807, 2.05) is 31.2 Å². The highest BCUT2D eigenvalue weighted by Crippen LogP contribution is 2.36. The molecule has 0 saturated carbocycles. The van der Waals surface area contributed by atoms with E-state index >= 15 is 0 Å². The van der Waals surface area contributed by atoms with Crippen LogP contribution in [-0.4, -0.2) is 24.1 Å². The van der Waals surface area contributed by atoms with Gasteiger partial charge in [-0.15, -0.1) is 18.3 Å². The second-order valence-corrected chi connectivity index (χ2v) is 6.96. The molecule has 2 aromatic rings. The Kier molecular flexibility index (Phi) is 5.24. The molecule has 0 radical (unpaired) electrons. The highest BCUT2D eigenvalue weighted by Gasteiger charge is 2.26. The van der Waals surface area contributed by atoms with E-state index in [-0.39, 0.29) is 11.8 Å². The zero-order valence-corrected chi connectivity index (χ0v) is 14.9. The first kappa shape index (κ1) is 17.3. The van der Waals surface area contributed by atoms with Crippen molar-refractivity contribution in [3.8, 4) is 0 Å². The summed E-state index contributed by atoms with van der Waals surface area (Å²) in [6.07, 6.45) is 1.64. The first-order chi connectivity index (χ1) is 12.1. The number of nitrogens with one attached hydrogen (secondary N) is 1. The Morgan fingerprint density at radius 2 is 2.16 bits per heavy atom. The summed E-state index contributed by atoms with van der Waals surface area (Å²) in [5.74, 6) is 0.310. The number of hydrogen-bond donors (Lipinski definition) is 1. The summed E-state index contributed by atoms with van der Waals surface area (Å²) < 4.78 is 0. The molecule has 0 bridgehead atoms. The zero-order chi connectivity index (χ0) is 17.8. The summed E-state index contributed by atoms with van der Waals surface area (Å²) in [5, 5.41) is 2.77. The Hall–Kier alpha value is -2.53. The van der Waals surface area contributed by atoms with Crippen molar-refractivity contribution in [3.63, 3.8) is 0 Å². The predicted molar refractivity (Wildman–Crippen MR) is 102 cm³/mol. The molecule has 2 aromatic carbocycles. The number of anilines is 1. The van der Waals surface area contributed by atoms with Gasteiger partial charge in [0.25, 0.3) is 5.91 Å². The number of fused-ring (bicyclic) bond motifs is 1. The maximum Gasteiger partial charge on any atom is 0.251 e. The quantitative estimate of drug-likeness (QED) is 0.837. The van der Waals surface area contributed by atoms with Crippen LogP contribution >= 0.6 is 11.8 Å². The van der Waals surface area contributed by atoms with Gasteiger partial charge in [-0.05, 0) is 30.7 Å². The highest BCUT2D eigenvalue weighted by molar-refractivity contribution is 8.00. The average Bonchev–Trinajstić information content (AvgIpc) is 2.61. The largest absolute Gasteiger partial charge is 0.349 e. The third kappa shape index (κ3) is 3.94. The van der Waals surface area contributed by atoms with Gasteiger partial charge in [0.1, 0.15) is 0 Å². The number of thioether (sulfide) groups is 1. The van der Waals surface area contributed by atoms with Crippen LogP contribution in [0, 0.1) is 6.92 Å². The number of carbonyl (C=O) groups is 2. The molecule has 25 heavy (non-hydrogen) atoms. The van der Waals surface area contributed by atoms with Gasteiger partial charge in [-0.1, -0.05) is 35.9 Å². The third-order valence-electron chi connectivity index (χ3n) is 3.99. The normalized spacial score (nSPS) is 13.3. The summed E-state index contributed by atoms with van der Waals surface area (Å²) in [6.45, 7) is 6.56. The summed E-state index contributed by atoms with van der Waals surface area (Å²) in [4.78, 5) is 27.5. The van der Waals surface area contributed by atoms with Gasteiger partial charge in [0, 0.05) is 17.0 Å². The molecule has 0 aliphatic carbocycles. The molecule has 0 unspecified atom stereocenters. The van der Waals surface area contributed by atoms with Crippen molar-refractivity contribution in [3.05, 3.63) is 71.8 Å². The molecule has 0 atom stereocenters. The van der Waals surface area contributed by atoms with Gasteiger partial charge in [-0.25, -0.2) is 0 Å². The van der Waals surface area contributed by atoms with E-state index in [4.69, 9.17) is 0 Å². The lowest BCUT2D eigenvalue weighted by atomic mass is 10.1. The molecule has 1 aliphatic rings. The van der Waals surface area contributed by atoms with Crippen LogP contribution in [-0.2, 0) is 11.3 Å². The van der Waals surface area contributed by atoms with Crippen LogP contribution in [0.25, 0.3) is 0 Å². The summed E-state index contributed by atoms with van der Waals surface area (Å²) in [7, 11) is 0. The molecular weight excluding hydrogens is 332 g/mol. The average molecular weight is 352 g/mol. The summed E-state index contributed by atoms with van der Waals surface area (Å²) in [6, 6.07) is 13.6. The minimum atomic E-state index is -0.166. The van der Waals surface area contributed by atoms with Gasteiger partial charge in [0.05, 0.1) is 18.0 Å². The van der Waals surface area contributed by atoms with Crippen molar-refractivity contribution in [2.45, 2.75) is 18.4 Å². The molecule has 0 aromatic heterocycles. The van der Waals surface area contributed by atoms with E-state index in [0.717, 1.165) is 21.7 Å². The van der Waals surface area contributed by atoms with Crippen molar-refractivity contribution in [2.75, 3.05) is 17.2 Å². The number of hydrogen-bond acceptors (Lipinski definition) is 3. The van der Waals surface area contributed by atoms with Crippen LogP contribution in [0.5, 0.6) is 0 Å². The van der Waals surface area contributed by atoms with E-state index in [1.165, 1.54) is 11.8 Å². The number of carbonyl (C=O) groups excluding carboxylic acids is 2. The standard InChI is InChI=1S/C20H20N2O2S/c1-3-9-21-20(24)16-7-8-18-17(11-16)22(19(23)13-25-18)12-15-6-4-5-14(2)10-15/h3-8,10-11H,1,9,12-13H2,2H3,(H,21,24). The SMILES string of the molecule is C=CCNC(=O)c1ccc2c(c1)N(Cc1cccc(C)c1)C(=O)CS2. The molecule has 0 fully saturated rings. The lowest BCUT2D eigenvalue weighted by Gasteiger charge is -2.29. The van der Waals surface area contributed by atoms with Gasteiger partial charge in [-0.2, -0.15) is 0 Å². The van der Waals surface area contributed by atoms with Crippen molar-refractivity contribution >= 4 is 29.3 Å². The third-order valence-corrected chi connectivity index (χ3v) is 5.04. The highest BCUT2D eigenvalue weighted by atomic mass is 32.2. The first-order valence-corrected chi connectivity index (χ1v) is 9.09. The number of rotatable bonds is 5. The fourth-order valence-electron chi connectivity index (χ4n) is 2.78. The first-order valence-electron chi connectivity index (χ1n) is 8.10. The van der Waals surface area contributed by atoms with Gasteiger partial charge in [0.2, 0.25) is 5.91 Å². The Balaban J connectivity index is 1.91. The second kappa shape index (κ2) is 7.57. The van der Waals surface area contributed by atoms with E-state index in [0.29, 0.717) is 24.4 Å². The zero-order valence-electron chi connectivity index (χ0n) is 14.1. The molecule has 1 heterocycles. The van der Waals surface area contributed by atoms with Crippen molar-refractivity contribution in [1.82, 2.24) is 5.32 Å². The molecule has 0 saturated heterocycles. The fraction of sp³-hybridized carbons (Fsp3) is 0.200. The summed E-state index contributed by atoms with van der Waals surface area (Å²) in [5.41, 5.74) is 3.58. The summed E-state index contributed by atoms with van der Waals surface area (Å²) >= 11 is 1.51. The smallest absolute Gasteiger partial charge is 0.251 e. The number of nitrogens with zero attached hydrogens (tertiary/aromatic N) is 1. The second-order valence-electron chi connectivity index (χ2n) is 5.94. The Morgan fingerprint density at radius 1 is 1.32 bits per heavy atom. The maximum atomic E-state index is 12.5. The van der Waals surface area contributed by atoms with Gasteiger partial charge in [0.15, 0.2) is 0 Å². The topological polar surface area (TPSA) is 49.4 Å². The number of benzene rings is 2. The molecule has 4 nitrogen and oxygen atoms in total. The predicted octanol–water partition coefficient (Wildman–Crippen LogP) is 3.55. The fourth-order valence-corrected chi connectivity index (χ4v) is 3.69. The minimum Gasteiger partial charge on any atom is -0.349 e. The Labute approximate surface area is 151 Å². The lowest BCUT2D eigenvalue weighted by molar-refractivity contribution is -0.116. The maximum absolute atomic E-state index is 12.5. The molecule has 1 aliphatic heterocycles. The van der Waals surface area contributed by atoms with Crippen LogP contribution < -0.4 is 10.2 Å². The van der Waals surface area contributed by atoms with Crippen LogP contribution in [0.4, 0.5) is 5.69 Å². The Morgan fingerprint density at radius 3 is 2.92 bits per heavy atom. The Bertz CT molecular complexity index is 832.